The molecular formula is C10H17BrN2S. The van der Waals surface area contributed by atoms with Crippen molar-refractivity contribution < 1.29 is 0 Å². The van der Waals surface area contributed by atoms with Gasteiger partial charge in [0.15, 0.2) is 5.13 Å². The summed E-state index contributed by atoms with van der Waals surface area (Å²) in [6.45, 7) is 8.57. The Hall–Kier alpha value is -0.0900. The second-order valence-corrected chi connectivity index (χ2v) is 5.43. The maximum atomic E-state index is 4.64. The monoisotopic (exact) mass is 276 g/mol. The highest BCUT2D eigenvalue weighted by Crippen LogP contribution is 2.31. The Labute approximate surface area is 98.5 Å². The molecule has 0 unspecified atom stereocenters. The summed E-state index contributed by atoms with van der Waals surface area (Å²) in [5, 5.41) is 1.14. The molecule has 0 bridgehead atoms. The molecule has 0 amide bonds. The summed E-state index contributed by atoms with van der Waals surface area (Å²) in [7, 11) is 0. The van der Waals surface area contributed by atoms with Gasteiger partial charge in [-0.25, -0.2) is 4.98 Å². The Balaban J connectivity index is 2.83. The molecule has 0 saturated heterocycles. The first kappa shape index (κ1) is 12.0. The van der Waals surface area contributed by atoms with Gasteiger partial charge in [0, 0.05) is 13.1 Å². The smallest absolute Gasteiger partial charge is 0.186 e. The van der Waals surface area contributed by atoms with E-state index < -0.39 is 0 Å². The van der Waals surface area contributed by atoms with Crippen molar-refractivity contribution >= 4 is 32.4 Å². The van der Waals surface area contributed by atoms with E-state index in [0.29, 0.717) is 0 Å². The SMILES string of the molecule is CCCc1nc(N(CC)CC)sc1Br. The summed E-state index contributed by atoms with van der Waals surface area (Å²) < 4.78 is 1.20. The predicted molar refractivity (Wildman–Crippen MR) is 67.4 cm³/mol. The van der Waals surface area contributed by atoms with Gasteiger partial charge in [0.2, 0.25) is 0 Å². The molecule has 0 saturated carbocycles. The van der Waals surface area contributed by atoms with Gasteiger partial charge >= 0.3 is 0 Å². The number of anilines is 1. The third kappa shape index (κ3) is 2.70. The van der Waals surface area contributed by atoms with Crippen molar-refractivity contribution in [2.75, 3.05) is 18.0 Å². The zero-order chi connectivity index (χ0) is 10.6. The second-order valence-electron chi connectivity index (χ2n) is 3.14. The molecule has 80 valence electrons. The van der Waals surface area contributed by atoms with Crippen LogP contribution in [0.2, 0.25) is 0 Å². The quantitative estimate of drug-likeness (QED) is 0.815. The maximum Gasteiger partial charge on any atom is 0.186 e. The summed E-state index contributed by atoms with van der Waals surface area (Å²) >= 11 is 5.32. The Bertz CT molecular complexity index is 282. The van der Waals surface area contributed by atoms with E-state index >= 15 is 0 Å². The molecule has 0 aromatic carbocycles. The minimum Gasteiger partial charge on any atom is -0.349 e. The first-order chi connectivity index (χ1) is 6.72. The molecule has 0 radical (unpaired) electrons. The van der Waals surface area contributed by atoms with E-state index in [0.717, 1.165) is 31.1 Å². The third-order valence-corrected chi connectivity index (χ3v) is 4.05. The lowest BCUT2D eigenvalue weighted by Gasteiger charge is -2.16. The Morgan fingerprint density at radius 2 is 1.93 bits per heavy atom. The van der Waals surface area contributed by atoms with E-state index in [-0.39, 0.29) is 0 Å². The van der Waals surface area contributed by atoms with Gasteiger partial charge in [-0.15, -0.1) is 0 Å². The van der Waals surface area contributed by atoms with E-state index in [2.05, 4.69) is 46.6 Å². The largest absolute Gasteiger partial charge is 0.349 e. The molecule has 1 aromatic rings. The van der Waals surface area contributed by atoms with Crippen molar-refractivity contribution in [2.24, 2.45) is 0 Å². The van der Waals surface area contributed by atoms with E-state index in [1.54, 1.807) is 11.3 Å². The number of aromatic nitrogens is 1. The molecule has 2 nitrogen and oxygen atoms in total. The molecule has 0 fully saturated rings. The lowest BCUT2D eigenvalue weighted by Crippen LogP contribution is -2.21. The van der Waals surface area contributed by atoms with E-state index in [4.69, 9.17) is 0 Å². The van der Waals surface area contributed by atoms with Crippen molar-refractivity contribution in [1.82, 2.24) is 4.98 Å². The average molecular weight is 277 g/mol. The third-order valence-electron chi connectivity index (χ3n) is 2.16. The zero-order valence-corrected chi connectivity index (χ0v) is 11.4. The van der Waals surface area contributed by atoms with Crippen molar-refractivity contribution in [3.63, 3.8) is 0 Å². The van der Waals surface area contributed by atoms with Gasteiger partial charge in [-0.1, -0.05) is 24.7 Å². The number of aryl methyl sites for hydroxylation is 1. The molecular weight excluding hydrogens is 260 g/mol. The van der Waals surface area contributed by atoms with Gasteiger partial charge < -0.3 is 4.90 Å². The van der Waals surface area contributed by atoms with Crippen LogP contribution < -0.4 is 4.90 Å². The summed E-state index contributed by atoms with van der Waals surface area (Å²) in [5.74, 6) is 0. The topological polar surface area (TPSA) is 16.1 Å². The van der Waals surface area contributed by atoms with E-state index in [1.165, 1.54) is 9.48 Å². The fourth-order valence-electron chi connectivity index (χ4n) is 1.34. The number of hydrogen-bond acceptors (Lipinski definition) is 3. The van der Waals surface area contributed by atoms with Crippen LogP contribution in [0.25, 0.3) is 0 Å². The number of halogens is 1. The van der Waals surface area contributed by atoms with Gasteiger partial charge in [-0.05, 0) is 36.2 Å². The normalized spacial score (nSPS) is 10.6. The molecule has 1 rings (SSSR count). The molecule has 0 aliphatic heterocycles. The standard InChI is InChI=1S/C10H17BrN2S/c1-4-7-8-9(11)14-10(12-8)13(5-2)6-3/h4-7H2,1-3H3. The molecule has 4 heteroatoms. The van der Waals surface area contributed by atoms with E-state index in [1.807, 2.05) is 0 Å². The van der Waals surface area contributed by atoms with Gasteiger partial charge in [-0.2, -0.15) is 0 Å². The van der Waals surface area contributed by atoms with Crippen LogP contribution >= 0.6 is 27.3 Å². The maximum absolute atomic E-state index is 4.64. The van der Waals surface area contributed by atoms with Crippen LogP contribution in [-0.4, -0.2) is 18.1 Å². The Morgan fingerprint density at radius 1 is 1.29 bits per heavy atom. The summed E-state index contributed by atoms with van der Waals surface area (Å²) in [5.41, 5.74) is 1.21. The zero-order valence-electron chi connectivity index (χ0n) is 9.01. The van der Waals surface area contributed by atoms with Crippen LogP contribution in [0, 0.1) is 0 Å². The fourth-order valence-corrected chi connectivity index (χ4v) is 3.03. The highest BCUT2D eigenvalue weighted by molar-refractivity contribution is 9.11. The molecule has 1 aromatic heterocycles. The highest BCUT2D eigenvalue weighted by Gasteiger charge is 2.11. The number of nitrogens with zero attached hydrogens (tertiary/aromatic N) is 2. The van der Waals surface area contributed by atoms with E-state index in [9.17, 15) is 0 Å². The minimum atomic E-state index is 1.03. The minimum absolute atomic E-state index is 1.03. The number of thiazole rings is 1. The van der Waals surface area contributed by atoms with Crippen molar-refractivity contribution in [3.8, 4) is 0 Å². The van der Waals surface area contributed by atoms with Crippen LogP contribution in [0.1, 0.15) is 32.9 Å². The molecule has 0 aliphatic rings. The van der Waals surface area contributed by atoms with Crippen LogP contribution in [-0.2, 0) is 6.42 Å². The van der Waals surface area contributed by atoms with Crippen LogP contribution in [0.5, 0.6) is 0 Å². The summed E-state index contributed by atoms with van der Waals surface area (Å²) in [6, 6.07) is 0. The summed E-state index contributed by atoms with van der Waals surface area (Å²) in [6.07, 6.45) is 2.22. The van der Waals surface area contributed by atoms with Gasteiger partial charge in [0.05, 0.1) is 9.48 Å². The van der Waals surface area contributed by atoms with Crippen LogP contribution in [0.15, 0.2) is 3.79 Å². The molecule has 0 spiro atoms. The predicted octanol–water partition coefficient (Wildman–Crippen LogP) is 3.70. The average Bonchev–Trinajstić information content (AvgIpc) is 2.51. The Morgan fingerprint density at radius 3 is 2.43 bits per heavy atom. The molecule has 1 heterocycles. The summed E-state index contributed by atoms with van der Waals surface area (Å²) in [4.78, 5) is 6.93. The number of rotatable bonds is 5. The lowest BCUT2D eigenvalue weighted by atomic mass is 10.3. The molecule has 0 atom stereocenters. The molecule has 0 aliphatic carbocycles. The second kappa shape index (κ2) is 5.71. The van der Waals surface area contributed by atoms with Crippen molar-refractivity contribution in [3.05, 3.63) is 9.48 Å². The number of hydrogen-bond donors (Lipinski definition) is 0. The van der Waals surface area contributed by atoms with Gasteiger partial charge in [-0.3, -0.25) is 0 Å². The Kier molecular flexibility index (Phi) is 4.89. The van der Waals surface area contributed by atoms with Crippen LogP contribution in [0.4, 0.5) is 5.13 Å². The van der Waals surface area contributed by atoms with Gasteiger partial charge in [0.25, 0.3) is 0 Å². The van der Waals surface area contributed by atoms with Crippen molar-refractivity contribution in [2.45, 2.75) is 33.6 Å². The van der Waals surface area contributed by atoms with Crippen molar-refractivity contribution in [1.29, 1.82) is 0 Å². The first-order valence-electron chi connectivity index (χ1n) is 5.13. The highest BCUT2D eigenvalue weighted by atomic mass is 79.9. The van der Waals surface area contributed by atoms with Crippen LogP contribution in [0.3, 0.4) is 0 Å². The van der Waals surface area contributed by atoms with Gasteiger partial charge in [0.1, 0.15) is 0 Å². The molecule has 0 N–H and O–H groups in total. The fraction of sp³-hybridized carbons (Fsp3) is 0.700. The lowest BCUT2D eigenvalue weighted by molar-refractivity contribution is 0.840. The molecule has 14 heavy (non-hydrogen) atoms. The first-order valence-corrected chi connectivity index (χ1v) is 6.73.